The zero-order valence-corrected chi connectivity index (χ0v) is 13.4. The van der Waals surface area contributed by atoms with Crippen molar-refractivity contribution in [3.63, 3.8) is 0 Å². The molecule has 1 aliphatic heterocycles. The van der Waals surface area contributed by atoms with Crippen molar-refractivity contribution in [2.24, 2.45) is 10.9 Å². The highest BCUT2D eigenvalue weighted by Crippen LogP contribution is 2.28. The van der Waals surface area contributed by atoms with E-state index in [1.54, 1.807) is 0 Å². The first kappa shape index (κ1) is 17.0. The maximum Gasteiger partial charge on any atom is 0.324 e. The molecule has 9 heteroatoms. The van der Waals surface area contributed by atoms with E-state index in [9.17, 15) is 14.4 Å². The number of urea groups is 1. The fraction of sp³-hybridized carbons (Fsp3) is 0.714. The first-order valence-electron chi connectivity index (χ1n) is 8.00. The molecule has 4 amide bonds. The van der Waals surface area contributed by atoms with Crippen LogP contribution in [0.1, 0.15) is 19.8 Å². The Labute approximate surface area is 135 Å². The molecule has 128 valence electrons. The van der Waals surface area contributed by atoms with Gasteiger partial charge in [0.05, 0.1) is 13.1 Å². The first-order valence-corrected chi connectivity index (χ1v) is 8.00. The van der Waals surface area contributed by atoms with Crippen LogP contribution in [0.15, 0.2) is 4.99 Å². The zero-order chi connectivity index (χ0) is 16.7. The predicted molar refractivity (Wildman–Crippen MR) is 84.8 cm³/mol. The van der Waals surface area contributed by atoms with Gasteiger partial charge < -0.3 is 21.3 Å². The molecule has 0 aromatic rings. The van der Waals surface area contributed by atoms with Gasteiger partial charge in [0.15, 0.2) is 5.96 Å². The van der Waals surface area contributed by atoms with E-state index in [2.05, 4.69) is 26.3 Å². The van der Waals surface area contributed by atoms with Crippen LogP contribution in [0.25, 0.3) is 0 Å². The van der Waals surface area contributed by atoms with Crippen molar-refractivity contribution in [1.29, 1.82) is 0 Å². The molecule has 2 fully saturated rings. The van der Waals surface area contributed by atoms with E-state index in [1.807, 2.05) is 6.92 Å². The van der Waals surface area contributed by atoms with Gasteiger partial charge in [-0.2, -0.15) is 0 Å². The Balaban J connectivity index is 1.67. The number of carbonyl (C=O) groups excluding carboxylic acids is 3. The van der Waals surface area contributed by atoms with Crippen molar-refractivity contribution < 1.29 is 14.4 Å². The molecule has 0 atom stereocenters. The lowest BCUT2D eigenvalue weighted by Crippen LogP contribution is -2.43. The highest BCUT2D eigenvalue weighted by atomic mass is 16.2. The van der Waals surface area contributed by atoms with Gasteiger partial charge in [-0.15, -0.1) is 0 Å². The van der Waals surface area contributed by atoms with Crippen molar-refractivity contribution in [2.75, 3.05) is 39.3 Å². The molecule has 4 N–H and O–H groups in total. The predicted octanol–water partition coefficient (Wildman–Crippen LogP) is -1.38. The summed E-state index contributed by atoms with van der Waals surface area (Å²) in [6.45, 7) is 4.38. The normalized spacial score (nSPS) is 18.0. The Morgan fingerprint density at radius 2 is 2.04 bits per heavy atom. The zero-order valence-electron chi connectivity index (χ0n) is 13.4. The lowest BCUT2D eigenvalue weighted by atomic mass is 10.4. The van der Waals surface area contributed by atoms with Gasteiger partial charge in [-0.25, -0.2) is 4.79 Å². The lowest BCUT2D eigenvalue weighted by molar-refractivity contribution is -0.125. The van der Waals surface area contributed by atoms with Crippen LogP contribution in [0.3, 0.4) is 0 Å². The van der Waals surface area contributed by atoms with Gasteiger partial charge in [0.25, 0.3) is 0 Å². The van der Waals surface area contributed by atoms with Crippen LogP contribution in [0.2, 0.25) is 0 Å². The molecule has 2 aliphatic rings. The molecule has 0 unspecified atom stereocenters. The maximum atomic E-state index is 11.5. The molecule has 1 saturated carbocycles. The molecular formula is C14H24N6O3. The van der Waals surface area contributed by atoms with Crippen molar-refractivity contribution in [3.05, 3.63) is 0 Å². The molecule has 1 heterocycles. The smallest absolute Gasteiger partial charge is 0.324 e. The van der Waals surface area contributed by atoms with Crippen molar-refractivity contribution in [3.8, 4) is 0 Å². The van der Waals surface area contributed by atoms with Crippen molar-refractivity contribution in [1.82, 2.24) is 26.2 Å². The number of amides is 4. The second-order valence-corrected chi connectivity index (χ2v) is 5.46. The quantitative estimate of drug-likeness (QED) is 0.190. The summed E-state index contributed by atoms with van der Waals surface area (Å²) in [6.07, 6.45) is 1.98. The molecule has 1 saturated heterocycles. The summed E-state index contributed by atoms with van der Waals surface area (Å²) in [4.78, 5) is 39.9. The average Bonchev–Trinajstić information content (AvgIpc) is 3.33. The summed E-state index contributed by atoms with van der Waals surface area (Å²) >= 11 is 0. The molecule has 9 nitrogen and oxygen atoms in total. The topological polar surface area (TPSA) is 115 Å². The van der Waals surface area contributed by atoms with Gasteiger partial charge in [0.2, 0.25) is 11.8 Å². The first-order chi connectivity index (χ1) is 11.1. The van der Waals surface area contributed by atoms with Gasteiger partial charge in [0, 0.05) is 32.1 Å². The second-order valence-electron chi connectivity index (χ2n) is 5.46. The molecule has 0 radical (unpaired) electrons. The molecule has 0 spiro atoms. The Hall–Kier alpha value is -2.32. The summed E-state index contributed by atoms with van der Waals surface area (Å²) in [5, 5.41) is 11.5. The Morgan fingerprint density at radius 3 is 2.65 bits per heavy atom. The van der Waals surface area contributed by atoms with Gasteiger partial charge in [-0.05, 0) is 19.8 Å². The lowest BCUT2D eigenvalue weighted by Gasteiger charge is -2.15. The average molecular weight is 324 g/mol. The second kappa shape index (κ2) is 8.35. The van der Waals surface area contributed by atoms with Gasteiger partial charge in [0.1, 0.15) is 0 Å². The Morgan fingerprint density at radius 1 is 1.26 bits per heavy atom. The van der Waals surface area contributed by atoms with Crippen LogP contribution in [-0.2, 0) is 9.59 Å². The number of nitrogens with zero attached hydrogens (tertiary/aromatic N) is 2. The van der Waals surface area contributed by atoms with Crippen LogP contribution in [0.5, 0.6) is 0 Å². The highest BCUT2D eigenvalue weighted by Gasteiger charge is 2.29. The number of rotatable bonds is 8. The molecule has 23 heavy (non-hydrogen) atoms. The highest BCUT2D eigenvalue weighted by molar-refractivity contribution is 6.01. The number of guanidine groups is 1. The van der Waals surface area contributed by atoms with E-state index < -0.39 is 0 Å². The van der Waals surface area contributed by atoms with E-state index in [4.69, 9.17) is 0 Å². The van der Waals surface area contributed by atoms with Gasteiger partial charge >= 0.3 is 6.03 Å². The van der Waals surface area contributed by atoms with Crippen LogP contribution >= 0.6 is 0 Å². The minimum Gasteiger partial charge on any atom is -0.357 e. The molecule has 0 bridgehead atoms. The summed E-state index contributed by atoms with van der Waals surface area (Å²) in [5.74, 6) is 0.688. The third kappa shape index (κ3) is 5.42. The fourth-order valence-electron chi connectivity index (χ4n) is 2.15. The van der Waals surface area contributed by atoms with E-state index in [1.165, 1.54) is 4.90 Å². The van der Waals surface area contributed by atoms with Crippen LogP contribution in [-0.4, -0.2) is 68.0 Å². The third-order valence-corrected chi connectivity index (χ3v) is 3.54. The number of aliphatic imine (C=N–C) groups is 1. The van der Waals surface area contributed by atoms with Crippen LogP contribution < -0.4 is 21.3 Å². The molecule has 0 aromatic carbocycles. The fourth-order valence-corrected chi connectivity index (χ4v) is 2.15. The Bertz CT molecular complexity index is 473. The third-order valence-electron chi connectivity index (χ3n) is 3.54. The largest absolute Gasteiger partial charge is 0.357 e. The molecular weight excluding hydrogens is 300 g/mol. The number of hydrogen-bond acceptors (Lipinski definition) is 4. The number of nitrogens with one attached hydrogen (secondary N) is 4. The minimum absolute atomic E-state index is 0.0632. The monoisotopic (exact) mass is 324 g/mol. The van der Waals surface area contributed by atoms with E-state index >= 15 is 0 Å². The summed E-state index contributed by atoms with van der Waals surface area (Å²) in [7, 11) is 0. The number of hydrogen-bond donors (Lipinski definition) is 4. The standard InChI is InChI=1S/C14H24N6O3/c1-2-15-13(17-6-5-16-12(22)10-3-4-10)18-7-8-20-11(21)9-19-14(20)23/h10H,2-9H2,1H3,(H,16,22)(H,19,23)(H2,15,17,18). The molecule has 2 rings (SSSR count). The van der Waals surface area contributed by atoms with E-state index in [0.29, 0.717) is 32.1 Å². The molecule has 0 aromatic heterocycles. The number of carbonyl (C=O) groups is 3. The van der Waals surface area contributed by atoms with Gasteiger partial charge in [-0.3, -0.25) is 19.5 Å². The SMILES string of the molecule is CCNC(=NCCNC(=O)C1CC1)NCCN1C(=O)CNC1=O. The van der Waals surface area contributed by atoms with Crippen LogP contribution in [0, 0.1) is 5.92 Å². The Kier molecular flexibility index (Phi) is 6.19. The summed E-state index contributed by atoms with van der Waals surface area (Å²) < 4.78 is 0. The van der Waals surface area contributed by atoms with E-state index in [-0.39, 0.29) is 36.9 Å². The maximum absolute atomic E-state index is 11.5. The van der Waals surface area contributed by atoms with E-state index in [0.717, 1.165) is 12.8 Å². The summed E-state index contributed by atoms with van der Waals surface area (Å²) in [6, 6.07) is -0.360. The number of imide groups is 1. The van der Waals surface area contributed by atoms with Crippen LogP contribution in [0.4, 0.5) is 4.79 Å². The minimum atomic E-state index is -0.360. The summed E-state index contributed by atoms with van der Waals surface area (Å²) in [5.41, 5.74) is 0. The van der Waals surface area contributed by atoms with Gasteiger partial charge in [-0.1, -0.05) is 0 Å². The van der Waals surface area contributed by atoms with Crippen molar-refractivity contribution >= 4 is 23.8 Å². The van der Waals surface area contributed by atoms with Crippen molar-refractivity contribution in [2.45, 2.75) is 19.8 Å². The molecule has 1 aliphatic carbocycles.